The van der Waals surface area contributed by atoms with Gasteiger partial charge in [0, 0.05) is 0 Å². The lowest BCUT2D eigenvalue weighted by Gasteiger charge is -2.41. The summed E-state index contributed by atoms with van der Waals surface area (Å²) >= 11 is 0. The highest BCUT2D eigenvalue weighted by molar-refractivity contribution is 5.56. The molecule has 0 fully saturated rings. The second kappa shape index (κ2) is 9.39. The topological polar surface area (TPSA) is 0 Å². The lowest BCUT2D eigenvalue weighted by Crippen LogP contribution is -2.32. The second-order valence-electron chi connectivity index (χ2n) is 16.2. The van der Waals surface area contributed by atoms with Crippen LogP contribution < -0.4 is 0 Å². The van der Waals surface area contributed by atoms with Crippen LogP contribution in [-0.4, -0.2) is 0 Å². The first kappa shape index (κ1) is 29.7. The van der Waals surface area contributed by atoms with Gasteiger partial charge in [-0.15, -0.1) is 0 Å². The maximum absolute atomic E-state index is 2.59. The van der Waals surface area contributed by atoms with Crippen molar-refractivity contribution < 1.29 is 0 Å². The largest absolute Gasteiger partial charge is 0.0617 e. The molecule has 2 rings (SSSR count). The molecular weight excluding hydrogens is 420 g/mol. The van der Waals surface area contributed by atoms with Crippen LogP contribution in [0.2, 0.25) is 0 Å². The summed E-state index contributed by atoms with van der Waals surface area (Å²) in [5.41, 5.74) is 11.1. The Morgan fingerprint density at radius 2 is 1.03 bits per heavy atom. The first-order valence-electron chi connectivity index (χ1n) is 13.8. The van der Waals surface area contributed by atoms with Crippen molar-refractivity contribution in [3.05, 3.63) is 69.3 Å². The zero-order chi connectivity index (χ0) is 27.4. The van der Waals surface area contributed by atoms with Crippen LogP contribution in [0.25, 0.3) is 0 Å². The van der Waals surface area contributed by atoms with E-state index in [2.05, 4.69) is 141 Å². The predicted octanol–water partition coefficient (Wildman–Crippen LogP) is 10.5. The van der Waals surface area contributed by atoms with Gasteiger partial charge < -0.3 is 0 Å². The van der Waals surface area contributed by atoms with Crippen LogP contribution in [0.1, 0.15) is 156 Å². The number of hydrogen-bond acceptors (Lipinski definition) is 0. The molecule has 0 aliphatic carbocycles. The molecule has 2 aromatic carbocycles. The van der Waals surface area contributed by atoms with E-state index in [0.717, 1.165) is 6.42 Å². The molecule has 0 amide bonds. The Morgan fingerprint density at radius 1 is 0.543 bits per heavy atom. The van der Waals surface area contributed by atoms with Gasteiger partial charge in [0.2, 0.25) is 0 Å². The predicted molar refractivity (Wildman–Crippen MR) is 159 cm³/mol. The van der Waals surface area contributed by atoms with Gasteiger partial charge in [0.15, 0.2) is 0 Å². The molecule has 0 nitrogen and oxygen atoms in total. The van der Waals surface area contributed by atoms with E-state index in [1.807, 2.05) is 0 Å². The van der Waals surface area contributed by atoms with E-state index >= 15 is 0 Å². The van der Waals surface area contributed by atoms with Gasteiger partial charge in [-0.25, -0.2) is 0 Å². The van der Waals surface area contributed by atoms with Gasteiger partial charge >= 0.3 is 0 Å². The normalized spacial score (nSPS) is 14.9. The van der Waals surface area contributed by atoms with Gasteiger partial charge in [-0.2, -0.15) is 0 Å². The summed E-state index contributed by atoms with van der Waals surface area (Å²) in [6.07, 6.45) is 1.07. The summed E-state index contributed by atoms with van der Waals surface area (Å²) in [6.45, 7) is 38.2. The maximum Gasteiger partial charge on any atom is -0.0126 e. The van der Waals surface area contributed by atoms with Crippen LogP contribution in [0.15, 0.2) is 30.3 Å². The molecule has 0 N–H and O–H groups in total. The zero-order valence-electron chi connectivity index (χ0n) is 26.2. The first-order valence-corrected chi connectivity index (χ1v) is 13.8. The molecule has 1 atom stereocenters. The average Bonchev–Trinajstić information content (AvgIpc) is 2.63. The molecular formula is C35H56. The Labute approximate surface area is 219 Å². The first-order chi connectivity index (χ1) is 15.5. The molecule has 0 radical (unpaired) electrons. The van der Waals surface area contributed by atoms with Crippen molar-refractivity contribution in [2.75, 3.05) is 0 Å². The van der Waals surface area contributed by atoms with Gasteiger partial charge in [-0.3, -0.25) is 0 Å². The minimum Gasteiger partial charge on any atom is -0.0617 e. The molecule has 35 heavy (non-hydrogen) atoms. The molecule has 0 aromatic heterocycles. The third kappa shape index (κ3) is 6.81. The quantitative estimate of drug-likeness (QED) is 0.413. The van der Waals surface area contributed by atoms with E-state index < -0.39 is 0 Å². The van der Waals surface area contributed by atoms with Crippen molar-refractivity contribution >= 4 is 0 Å². The van der Waals surface area contributed by atoms with E-state index in [-0.39, 0.29) is 27.1 Å². The van der Waals surface area contributed by atoms with E-state index in [0.29, 0.717) is 5.92 Å². The van der Waals surface area contributed by atoms with Gasteiger partial charge in [-0.1, -0.05) is 141 Å². The standard InChI is InChI=1S/C35H56/c1-23(24-18-17-19-25(21-24)31(2,3)4)20-26-27(32(5,6)7)22-28(33(8,9)10)30(35(14,15)16)29(26)34(11,12)13/h17-19,21-23H,20H2,1-16H3. The lowest BCUT2D eigenvalue weighted by molar-refractivity contribution is 0.482. The van der Waals surface area contributed by atoms with Gasteiger partial charge in [-0.05, 0) is 78.4 Å². The Morgan fingerprint density at radius 3 is 1.43 bits per heavy atom. The molecule has 0 bridgehead atoms. The minimum absolute atomic E-state index is 0.0617. The summed E-state index contributed by atoms with van der Waals surface area (Å²) < 4.78 is 0. The van der Waals surface area contributed by atoms with Crippen LogP contribution in [-0.2, 0) is 33.5 Å². The van der Waals surface area contributed by atoms with E-state index in [9.17, 15) is 0 Å². The molecule has 0 saturated heterocycles. The Hall–Kier alpha value is -1.56. The van der Waals surface area contributed by atoms with Crippen molar-refractivity contribution in [2.24, 2.45) is 0 Å². The summed E-state index contributed by atoms with van der Waals surface area (Å²) in [5.74, 6) is 0.452. The van der Waals surface area contributed by atoms with Crippen LogP contribution in [0, 0.1) is 0 Å². The minimum atomic E-state index is 0.0617. The molecule has 196 valence electrons. The Balaban J connectivity index is 2.93. The van der Waals surface area contributed by atoms with E-state index in [1.165, 1.54) is 22.3 Å². The Kier molecular flexibility index (Phi) is 7.96. The molecule has 0 heterocycles. The van der Waals surface area contributed by atoms with Crippen molar-refractivity contribution in [1.29, 1.82) is 0 Å². The average molecular weight is 477 g/mol. The van der Waals surface area contributed by atoms with Crippen molar-refractivity contribution in [3.8, 4) is 0 Å². The van der Waals surface area contributed by atoms with Crippen LogP contribution >= 0.6 is 0 Å². The van der Waals surface area contributed by atoms with E-state index in [1.54, 1.807) is 16.7 Å². The van der Waals surface area contributed by atoms with Crippen LogP contribution in [0.3, 0.4) is 0 Å². The molecule has 0 aliphatic heterocycles. The number of hydrogen-bond donors (Lipinski definition) is 0. The SMILES string of the molecule is CC(Cc1c(C(C)(C)C)cc(C(C)(C)C)c(C(C)(C)C)c1C(C)(C)C)c1cccc(C(C)(C)C)c1. The fraction of sp³-hybridized carbons (Fsp3) is 0.657. The third-order valence-electron chi connectivity index (χ3n) is 7.38. The summed E-state index contributed by atoms with van der Waals surface area (Å²) in [5, 5.41) is 0. The zero-order valence-corrected chi connectivity index (χ0v) is 26.2. The number of benzene rings is 2. The molecule has 0 spiro atoms. The molecule has 0 heteroatoms. The highest BCUT2D eigenvalue weighted by Crippen LogP contribution is 2.47. The third-order valence-corrected chi connectivity index (χ3v) is 7.38. The number of rotatable bonds is 3. The molecule has 1 unspecified atom stereocenters. The van der Waals surface area contributed by atoms with Crippen molar-refractivity contribution in [3.63, 3.8) is 0 Å². The lowest BCUT2D eigenvalue weighted by atomic mass is 9.63. The summed E-state index contributed by atoms with van der Waals surface area (Å²) in [6, 6.07) is 11.9. The van der Waals surface area contributed by atoms with Gasteiger partial charge in [0.25, 0.3) is 0 Å². The fourth-order valence-corrected chi connectivity index (χ4v) is 5.54. The monoisotopic (exact) mass is 476 g/mol. The highest BCUT2D eigenvalue weighted by atomic mass is 14.4. The van der Waals surface area contributed by atoms with Crippen LogP contribution in [0.4, 0.5) is 0 Å². The fourth-order valence-electron chi connectivity index (χ4n) is 5.54. The second-order valence-corrected chi connectivity index (χ2v) is 16.2. The smallest absolute Gasteiger partial charge is 0.0126 e. The van der Waals surface area contributed by atoms with E-state index in [4.69, 9.17) is 0 Å². The summed E-state index contributed by atoms with van der Waals surface area (Å²) in [4.78, 5) is 0. The van der Waals surface area contributed by atoms with Crippen LogP contribution in [0.5, 0.6) is 0 Å². The van der Waals surface area contributed by atoms with Gasteiger partial charge in [0.05, 0.1) is 0 Å². The molecule has 0 aliphatic rings. The Bertz CT molecular complexity index is 1030. The van der Waals surface area contributed by atoms with Gasteiger partial charge in [0.1, 0.15) is 0 Å². The molecule has 0 saturated carbocycles. The maximum atomic E-state index is 2.59. The van der Waals surface area contributed by atoms with Crippen molar-refractivity contribution in [2.45, 2.75) is 150 Å². The molecule has 2 aromatic rings. The highest BCUT2D eigenvalue weighted by Gasteiger charge is 2.37. The van der Waals surface area contributed by atoms with Crippen molar-refractivity contribution in [1.82, 2.24) is 0 Å². The summed E-state index contributed by atoms with van der Waals surface area (Å²) in [7, 11) is 0.